The number of fused-ring (bicyclic) bond motifs is 1. The predicted octanol–water partition coefficient (Wildman–Crippen LogP) is 5.27. The van der Waals surface area contributed by atoms with E-state index in [1.807, 2.05) is 6.07 Å². The monoisotopic (exact) mass is 287 g/mol. The number of aliphatic hydroxyl groups excluding tert-OH is 1. The Labute approximate surface area is 128 Å². The minimum absolute atomic E-state index is 0.124. The van der Waals surface area contributed by atoms with Gasteiger partial charge < -0.3 is 9.67 Å². The molecule has 0 fully saturated rings. The molecule has 0 amide bonds. The first-order valence-electron chi connectivity index (χ1n) is 8.53. The maximum atomic E-state index is 9.17. The molecule has 116 valence electrons. The van der Waals surface area contributed by atoms with E-state index in [9.17, 15) is 5.11 Å². The van der Waals surface area contributed by atoms with E-state index in [0.29, 0.717) is 0 Å². The van der Waals surface area contributed by atoms with E-state index in [4.69, 9.17) is 0 Å². The summed E-state index contributed by atoms with van der Waals surface area (Å²) >= 11 is 0. The number of rotatable bonds is 10. The normalized spacial score (nSPS) is 11.3. The van der Waals surface area contributed by atoms with E-state index in [-0.39, 0.29) is 6.61 Å². The molecule has 2 heteroatoms. The summed E-state index contributed by atoms with van der Waals surface area (Å²) in [6.45, 7) is 3.50. The first-order valence-corrected chi connectivity index (χ1v) is 8.53. The van der Waals surface area contributed by atoms with Gasteiger partial charge in [-0.15, -0.1) is 0 Å². The average molecular weight is 287 g/mol. The molecule has 0 radical (unpaired) electrons. The summed E-state index contributed by atoms with van der Waals surface area (Å²) in [6, 6.07) is 8.39. The van der Waals surface area contributed by atoms with Crippen molar-refractivity contribution in [3.63, 3.8) is 0 Å². The zero-order valence-corrected chi connectivity index (χ0v) is 13.4. The van der Waals surface area contributed by atoms with Crippen molar-refractivity contribution >= 4 is 10.9 Å². The van der Waals surface area contributed by atoms with Crippen LogP contribution < -0.4 is 0 Å². The molecule has 2 rings (SSSR count). The van der Waals surface area contributed by atoms with Crippen LogP contribution in [0.1, 0.15) is 63.9 Å². The van der Waals surface area contributed by atoms with Crippen LogP contribution in [0.4, 0.5) is 0 Å². The van der Waals surface area contributed by atoms with Gasteiger partial charge in [0.15, 0.2) is 0 Å². The third kappa shape index (κ3) is 4.89. The summed E-state index contributed by atoms with van der Waals surface area (Å²) in [5, 5.41) is 10.4. The highest BCUT2D eigenvalue weighted by Gasteiger charge is 2.02. The molecule has 2 nitrogen and oxygen atoms in total. The van der Waals surface area contributed by atoms with Crippen molar-refractivity contribution in [1.82, 2.24) is 4.57 Å². The number of aliphatic hydroxyl groups is 1. The van der Waals surface area contributed by atoms with E-state index >= 15 is 0 Å². The first kappa shape index (κ1) is 16.1. The maximum Gasteiger partial charge on any atom is 0.0682 e. The summed E-state index contributed by atoms with van der Waals surface area (Å²) in [5.41, 5.74) is 2.28. The van der Waals surface area contributed by atoms with E-state index in [1.54, 1.807) is 0 Å². The van der Waals surface area contributed by atoms with Gasteiger partial charge in [0.25, 0.3) is 0 Å². The quantitative estimate of drug-likeness (QED) is 0.591. The molecule has 0 aliphatic carbocycles. The van der Waals surface area contributed by atoms with Gasteiger partial charge in [-0.05, 0) is 35.6 Å². The van der Waals surface area contributed by atoms with Crippen molar-refractivity contribution in [3.05, 3.63) is 36.0 Å². The molecular weight excluding hydrogens is 258 g/mol. The van der Waals surface area contributed by atoms with Gasteiger partial charge in [-0.1, -0.05) is 57.9 Å². The number of hydrogen-bond donors (Lipinski definition) is 1. The molecule has 0 aliphatic rings. The van der Waals surface area contributed by atoms with Crippen molar-refractivity contribution in [3.8, 4) is 0 Å². The summed E-state index contributed by atoms with van der Waals surface area (Å²) in [5.74, 6) is 0. The zero-order chi connectivity index (χ0) is 14.9. The van der Waals surface area contributed by atoms with Gasteiger partial charge in [0, 0.05) is 18.3 Å². The maximum absolute atomic E-state index is 9.17. The molecular formula is C19H29NO. The van der Waals surface area contributed by atoms with Gasteiger partial charge in [-0.2, -0.15) is 0 Å². The standard InChI is InChI=1S/C19H29NO/c1-2-3-4-5-6-7-8-9-13-20-14-12-18-15-17(16-21)10-11-19(18)20/h10-12,14-15,21H,2-9,13,16H2,1H3. The highest BCUT2D eigenvalue weighted by Crippen LogP contribution is 2.19. The minimum atomic E-state index is 0.124. The van der Waals surface area contributed by atoms with Crippen LogP contribution in [0.3, 0.4) is 0 Å². The van der Waals surface area contributed by atoms with Gasteiger partial charge in [0.05, 0.1) is 6.61 Å². The number of aryl methyl sites for hydroxylation is 1. The predicted molar refractivity (Wildman–Crippen MR) is 90.5 cm³/mol. The smallest absolute Gasteiger partial charge is 0.0682 e. The van der Waals surface area contributed by atoms with Gasteiger partial charge in [-0.25, -0.2) is 0 Å². The van der Waals surface area contributed by atoms with Crippen LogP contribution >= 0.6 is 0 Å². The molecule has 0 spiro atoms. The van der Waals surface area contributed by atoms with E-state index < -0.39 is 0 Å². The molecule has 0 atom stereocenters. The largest absolute Gasteiger partial charge is 0.392 e. The molecule has 0 saturated carbocycles. The van der Waals surface area contributed by atoms with E-state index in [0.717, 1.165) is 12.1 Å². The van der Waals surface area contributed by atoms with Crippen LogP contribution in [0.5, 0.6) is 0 Å². The van der Waals surface area contributed by atoms with Crippen molar-refractivity contribution in [2.75, 3.05) is 0 Å². The molecule has 1 N–H and O–H groups in total. The van der Waals surface area contributed by atoms with Crippen molar-refractivity contribution in [2.24, 2.45) is 0 Å². The third-order valence-corrected chi connectivity index (χ3v) is 4.27. The zero-order valence-electron chi connectivity index (χ0n) is 13.4. The van der Waals surface area contributed by atoms with Crippen LogP contribution in [0.2, 0.25) is 0 Å². The van der Waals surface area contributed by atoms with Crippen LogP contribution in [-0.2, 0) is 13.2 Å². The summed E-state index contributed by atoms with van der Waals surface area (Å²) in [4.78, 5) is 0. The van der Waals surface area contributed by atoms with Crippen LogP contribution in [-0.4, -0.2) is 9.67 Å². The lowest BCUT2D eigenvalue weighted by Gasteiger charge is -2.06. The topological polar surface area (TPSA) is 25.2 Å². The molecule has 21 heavy (non-hydrogen) atoms. The molecule has 0 unspecified atom stereocenters. The Morgan fingerprint density at radius 1 is 0.905 bits per heavy atom. The number of hydrogen-bond acceptors (Lipinski definition) is 1. The Bertz CT molecular complexity index is 529. The fourth-order valence-corrected chi connectivity index (χ4v) is 2.96. The fourth-order valence-electron chi connectivity index (χ4n) is 2.96. The third-order valence-electron chi connectivity index (χ3n) is 4.27. The van der Waals surface area contributed by atoms with Crippen molar-refractivity contribution < 1.29 is 5.11 Å². The summed E-state index contributed by atoms with van der Waals surface area (Å²) in [6.07, 6.45) is 13.1. The molecule has 2 aromatic rings. The molecule has 0 bridgehead atoms. The Balaban J connectivity index is 1.71. The van der Waals surface area contributed by atoms with Gasteiger partial charge >= 0.3 is 0 Å². The van der Waals surface area contributed by atoms with Gasteiger partial charge in [0.2, 0.25) is 0 Å². The van der Waals surface area contributed by atoms with Crippen LogP contribution in [0.25, 0.3) is 10.9 Å². The molecule has 1 aromatic carbocycles. The Kier molecular flexibility index (Phi) is 6.81. The SMILES string of the molecule is CCCCCCCCCCn1ccc2cc(CO)ccc21. The lowest BCUT2D eigenvalue weighted by molar-refractivity contribution is 0.282. The summed E-state index contributed by atoms with van der Waals surface area (Å²) in [7, 11) is 0. The lowest BCUT2D eigenvalue weighted by Crippen LogP contribution is -1.96. The van der Waals surface area contributed by atoms with Gasteiger partial charge in [0.1, 0.15) is 0 Å². The minimum Gasteiger partial charge on any atom is -0.392 e. The average Bonchev–Trinajstić information content (AvgIpc) is 2.92. The van der Waals surface area contributed by atoms with Crippen LogP contribution in [0.15, 0.2) is 30.5 Å². The number of nitrogens with zero attached hydrogens (tertiary/aromatic N) is 1. The second kappa shape index (κ2) is 8.89. The molecule has 1 aromatic heterocycles. The summed E-state index contributed by atoms with van der Waals surface area (Å²) < 4.78 is 2.34. The number of benzene rings is 1. The Morgan fingerprint density at radius 3 is 2.33 bits per heavy atom. The van der Waals surface area contributed by atoms with E-state index in [2.05, 4.69) is 35.9 Å². The molecule has 0 aliphatic heterocycles. The highest BCUT2D eigenvalue weighted by atomic mass is 16.3. The Hall–Kier alpha value is -1.28. The molecule has 0 saturated heterocycles. The van der Waals surface area contributed by atoms with Crippen molar-refractivity contribution in [1.29, 1.82) is 0 Å². The number of aromatic nitrogens is 1. The number of unbranched alkanes of at least 4 members (excludes halogenated alkanes) is 7. The van der Waals surface area contributed by atoms with Gasteiger partial charge in [-0.3, -0.25) is 0 Å². The second-order valence-electron chi connectivity index (χ2n) is 6.04. The first-order chi connectivity index (χ1) is 10.3. The van der Waals surface area contributed by atoms with Crippen molar-refractivity contribution in [2.45, 2.75) is 71.4 Å². The lowest BCUT2D eigenvalue weighted by atomic mass is 10.1. The van der Waals surface area contributed by atoms with E-state index in [1.165, 1.54) is 62.3 Å². The molecule has 1 heterocycles. The fraction of sp³-hybridized carbons (Fsp3) is 0.579. The Morgan fingerprint density at radius 2 is 1.62 bits per heavy atom. The van der Waals surface area contributed by atoms with Crippen LogP contribution in [0, 0.1) is 0 Å². The second-order valence-corrected chi connectivity index (χ2v) is 6.04. The highest BCUT2D eigenvalue weighted by molar-refractivity contribution is 5.80.